The van der Waals surface area contributed by atoms with E-state index >= 15 is 0 Å². The molecule has 0 amide bonds. The molecule has 1 aromatic heterocycles. The molecule has 3 rings (SSSR count). The van der Waals surface area contributed by atoms with E-state index in [0.717, 1.165) is 0 Å². The van der Waals surface area contributed by atoms with Gasteiger partial charge in [0.25, 0.3) is 0 Å². The molecule has 0 atom stereocenters. The average molecular weight is 332 g/mol. The van der Waals surface area contributed by atoms with Crippen molar-refractivity contribution in [3.05, 3.63) is 17.8 Å². The Balaban J connectivity index is 2.19. The van der Waals surface area contributed by atoms with Crippen LogP contribution in [0.1, 0.15) is 38.1 Å². The zero-order valence-corrected chi connectivity index (χ0v) is 14.7. The molecule has 7 nitrogen and oxygen atoms in total. The van der Waals surface area contributed by atoms with Crippen LogP contribution in [0.3, 0.4) is 0 Å². The van der Waals surface area contributed by atoms with E-state index < -0.39 is 24.3 Å². The van der Waals surface area contributed by atoms with Crippen molar-refractivity contribution in [2.75, 3.05) is 14.2 Å². The fourth-order valence-corrected chi connectivity index (χ4v) is 2.75. The molecule has 8 heteroatoms. The minimum absolute atomic E-state index is 0.333. The second kappa shape index (κ2) is 5.49. The zero-order chi connectivity index (χ0) is 17.7. The Morgan fingerprint density at radius 1 is 1.21 bits per heavy atom. The second-order valence-corrected chi connectivity index (χ2v) is 6.77. The first-order chi connectivity index (χ1) is 11.2. The monoisotopic (exact) mass is 332 g/mol. The fourth-order valence-electron chi connectivity index (χ4n) is 2.75. The molecule has 2 aromatic rings. The van der Waals surface area contributed by atoms with E-state index in [4.69, 9.17) is 18.8 Å². The molecule has 0 bridgehead atoms. The summed E-state index contributed by atoms with van der Waals surface area (Å²) in [7, 11) is 2.24. The van der Waals surface area contributed by atoms with Gasteiger partial charge in [-0.15, -0.1) is 0 Å². The largest absolute Gasteiger partial charge is 0.498 e. The van der Waals surface area contributed by atoms with Gasteiger partial charge in [-0.1, -0.05) is 0 Å². The Labute approximate surface area is 140 Å². The smallest absolute Gasteiger partial charge is 0.496 e. The number of hydrogen-bond donors (Lipinski definition) is 1. The maximum absolute atomic E-state index is 12.1. The standard InChI is InChI=1S/C16H21BN2O5/c1-15(2)16(3,4)24-17(23-15)11-7-9(14(20)22-6)12-10(8-18-19-12)13(11)21-5/h7-8H,1-6H3,(H,18,19). The molecule has 1 fully saturated rings. The summed E-state index contributed by atoms with van der Waals surface area (Å²) in [6.45, 7) is 7.88. The van der Waals surface area contributed by atoms with Crippen LogP contribution in [0.25, 0.3) is 10.9 Å². The van der Waals surface area contributed by atoms with Gasteiger partial charge >= 0.3 is 13.1 Å². The lowest BCUT2D eigenvalue weighted by Crippen LogP contribution is -2.41. The van der Waals surface area contributed by atoms with Gasteiger partial charge < -0.3 is 18.8 Å². The predicted molar refractivity (Wildman–Crippen MR) is 89.7 cm³/mol. The first-order valence-corrected chi connectivity index (χ1v) is 7.70. The van der Waals surface area contributed by atoms with Crippen LogP contribution in [-0.4, -0.2) is 48.7 Å². The Hall–Kier alpha value is -2.06. The van der Waals surface area contributed by atoms with Gasteiger partial charge in [0.2, 0.25) is 0 Å². The number of rotatable bonds is 3. The topological polar surface area (TPSA) is 82.7 Å². The number of fused-ring (bicyclic) bond motifs is 1. The number of carbonyl (C=O) groups is 1. The molecule has 1 aliphatic rings. The van der Waals surface area contributed by atoms with E-state index in [0.29, 0.717) is 27.7 Å². The molecule has 0 radical (unpaired) electrons. The lowest BCUT2D eigenvalue weighted by Gasteiger charge is -2.32. The molecule has 2 heterocycles. The number of nitrogens with zero attached hydrogens (tertiary/aromatic N) is 1. The van der Waals surface area contributed by atoms with Crippen molar-refractivity contribution >= 4 is 29.5 Å². The summed E-state index contributed by atoms with van der Waals surface area (Å²) in [4.78, 5) is 12.1. The molecule has 0 aliphatic carbocycles. The summed E-state index contributed by atoms with van der Waals surface area (Å²) in [6, 6.07) is 1.66. The van der Waals surface area contributed by atoms with Gasteiger partial charge in [-0.25, -0.2) is 4.79 Å². The number of benzene rings is 1. The third-order valence-corrected chi connectivity index (χ3v) is 4.82. The van der Waals surface area contributed by atoms with Gasteiger partial charge in [-0.2, -0.15) is 5.10 Å². The predicted octanol–water partition coefficient (Wildman–Crippen LogP) is 1.66. The second-order valence-electron chi connectivity index (χ2n) is 6.77. The fraction of sp³-hybridized carbons (Fsp3) is 0.500. The van der Waals surface area contributed by atoms with Crippen LogP contribution in [0.5, 0.6) is 5.75 Å². The molecule has 1 N–H and O–H groups in total. The Kier molecular flexibility index (Phi) is 3.84. The molecule has 0 spiro atoms. The highest BCUT2D eigenvalue weighted by Crippen LogP contribution is 2.38. The highest BCUT2D eigenvalue weighted by Gasteiger charge is 2.52. The maximum Gasteiger partial charge on any atom is 0.498 e. The number of H-pyrrole nitrogens is 1. The molecular weight excluding hydrogens is 311 g/mol. The molecule has 1 saturated heterocycles. The van der Waals surface area contributed by atoms with Crippen molar-refractivity contribution in [2.24, 2.45) is 0 Å². The van der Waals surface area contributed by atoms with Crippen molar-refractivity contribution in [2.45, 2.75) is 38.9 Å². The van der Waals surface area contributed by atoms with E-state index in [1.807, 2.05) is 27.7 Å². The maximum atomic E-state index is 12.1. The summed E-state index contributed by atoms with van der Waals surface area (Å²) < 4.78 is 22.6. The Morgan fingerprint density at radius 3 is 2.38 bits per heavy atom. The Morgan fingerprint density at radius 2 is 1.83 bits per heavy atom. The van der Waals surface area contributed by atoms with Crippen LogP contribution < -0.4 is 10.2 Å². The normalized spacial score (nSPS) is 18.8. The van der Waals surface area contributed by atoms with Crippen LogP contribution in [0.15, 0.2) is 12.3 Å². The van der Waals surface area contributed by atoms with Crippen LogP contribution >= 0.6 is 0 Å². The van der Waals surface area contributed by atoms with E-state index in [-0.39, 0.29) is 0 Å². The molecule has 1 aliphatic heterocycles. The molecule has 128 valence electrons. The highest BCUT2D eigenvalue weighted by atomic mass is 16.7. The van der Waals surface area contributed by atoms with E-state index in [2.05, 4.69) is 10.2 Å². The van der Waals surface area contributed by atoms with Crippen LogP contribution in [0, 0.1) is 0 Å². The number of carbonyl (C=O) groups excluding carboxylic acids is 1. The van der Waals surface area contributed by atoms with E-state index in [9.17, 15) is 4.79 Å². The van der Waals surface area contributed by atoms with Crippen molar-refractivity contribution in [1.29, 1.82) is 0 Å². The molecule has 0 saturated carbocycles. The molecule has 0 unspecified atom stereocenters. The van der Waals surface area contributed by atoms with Crippen molar-refractivity contribution in [3.63, 3.8) is 0 Å². The first kappa shape index (κ1) is 16.8. The highest BCUT2D eigenvalue weighted by molar-refractivity contribution is 6.63. The number of nitrogens with one attached hydrogen (secondary N) is 1. The number of ether oxygens (including phenoxy) is 2. The quantitative estimate of drug-likeness (QED) is 0.680. The van der Waals surface area contributed by atoms with Gasteiger partial charge in [-0.05, 0) is 33.8 Å². The van der Waals surface area contributed by atoms with Crippen LogP contribution in [-0.2, 0) is 14.0 Å². The molecule has 24 heavy (non-hydrogen) atoms. The number of aromatic nitrogens is 2. The molecular formula is C16H21BN2O5. The minimum Gasteiger partial charge on any atom is -0.496 e. The van der Waals surface area contributed by atoms with Crippen molar-refractivity contribution in [3.8, 4) is 5.75 Å². The number of hydrogen-bond acceptors (Lipinski definition) is 6. The average Bonchev–Trinajstić information content (AvgIpc) is 3.07. The van der Waals surface area contributed by atoms with E-state index in [1.54, 1.807) is 19.4 Å². The third kappa shape index (κ3) is 2.37. The summed E-state index contributed by atoms with van der Waals surface area (Å²) in [5.74, 6) is 0.0809. The number of aromatic amines is 1. The Bertz CT molecular complexity index is 783. The third-order valence-electron chi connectivity index (χ3n) is 4.82. The molecule has 1 aromatic carbocycles. The number of esters is 1. The number of methoxy groups -OCH3 is 2. The lowest BCUT2D eigenvalue weighted by molar-refractivity contribution is 0.00578. The van der Waals surface area contributed by atoms with Gasteiger partial charge in [-0.3, -0.25) is 5.10 Å². The first-order valence-electron chi connectivity index (χ1n) is 7.70. The van der Waals surface area contributed by atoms with Gasteiger partial charge in [0, 0.05) is 11.7 Å². The SMILES string of the molecule is COC(=O)c1cc(B2OC(C)(C)C(C)(C)O2)c(OC)c2c[nH]nc12. The summed E-state index contributed by atoms with van der Waals surface area (Å²) in [6.07, 6.45) is 1.68. The lowest BCUT2D eigenvalue weighted by atomic mass is 9.76. The zero-order valence-electron chi connectivity index (χ0n) is 14.7. The van der Waals surface area contributed by atoms with Crippen molar-refractivity contribution < 1.29 is 23.6 Å². The summed E-state index contributed by atoms with van der Waals surface area (Å²) in [5, 5.41) is 7.57. The van der Waals surface area contributed by atoms with Crippen LogP contribution in [0.4, 0.5) is 0 Å². The van der Waals surface area contributed by atoms with Gasteiger partial charge in [0.15, 0.2) is 0 Å². The summed E-state index contributed by atoms with van der Waals surface area (Å²) in [5.41, 5.74) is 0.447. The van der Waals surface area contributed by atoms with Gasteiger partial charge in [0.05, 0.1) is 36.4 Å². The minimum atomic E-state index is -0.660. The van der Waals surface area contributed by atoms with Crippen molar-refractivity contribution in [1.82, 2.24) is 10.2 Å². The summed E-state index contributed by atoms with van der Waals surface area (Å²) >= 11 is 0. The van der Waals surface area contributed by atoms with Gasteiger partial charge in [0.1, 0.15) is 11.3 Å². The van der Waals surface area contributed by atoms with Crippen LogP contribution in [0.2, 0.25) is 0 Å². The van der Waals surface area contributed by atoms with E-state index in [1.165, 1.54) is 7.11 Å².